The Morgan fingerprint density at radius 3 is 2.06 bits per heavy atom. The van der Waals surface area contributed by atoms with Gasteiger partial charge in [-0.15, -0.1) is 0 Å². The molecule has 3 fully saturated rings. The Morgan fingerprint density at radius 2 is 1.44 bits per heavy atom. The van der Waals surface area contributed by atoms with Crippen molar-refractivity contribution >= 4 is 5.91 Å². The lowest BCUT2D eigenvalue weighted by molar-refractivity contribution is -0.127. The Morgan fingerprint density at radius 1 is 0.833 bits per heavy atom. The molecule has 3 aliphatic rings. The van der Waals surface area contributed by atoms with Gasteiger partial charge in [-0.2, -0.15) is 0 Å². The molecule has 210 valence electrons. The highest BCUT2D eigenvalue weighted by Gasteiger charge is 2.34. The smallest absolute Gasteiger partial charge is 0.234 e. The first kappa shape index (κ1) is 29.8. The molecule has 0 aromatic rings. The van der Waals surface area contributed by atoms with Gasteiger partial charge in [0.25, 0.3) is 0 Å². The van der Waals surface area contributed by atoms with Crippen molar-refractivity contribution < 1.29 is 14.3 Å². The molecular formula is C28H55N5O3. The average molecular weight is 510 g/mol. The SMILES string of the molecule is CC(C)(C)NCCCN1CCC(OC2CC(NC(=O)CN3CCN(CCOC(C)(C)C)CC3)C2)CC1. The molecular weight excluding hydrogens is 454 g/mol. The Labute approximate surface area is 220 Å². The standard InChI is InChI=1S/C28H55N5O3/c1-27(2,3)29-10-7-11-31-12-8-24(9-13-31)36-25-20-23(21-25)30-26(34)22-33-16-14-32(15-17-33)18-19-35-28(4,5)6/h23-25,29H,7-22H2,1-6H3,(H,30,34). The van der Waals surface area contributed by atoms with Crippen LogP contribution in [0.1, 0.15) is 73.6 Å². The second-order valence-corrected chi connectivity index (χ2v) is 13.1. The minimum Gasteiger partial charge on any atom is -0.375 e. The van der Waals surface area contributed by atoms with Gasteiger partial charge >= 0.3 is 0 Å². The fourth-order valence-corrected chi connectivity index (χ4v) is 5.23. The molecule has 1 aliphatic carbocycles. The summed E-state index contributed by atoms with van der Waals surface area (Å²) in [6.07, 6.45) is 6.11. The van der Waals surface area contributed by atoms with E-state index in [4.69, 9.17) is 9.47 Å². The highest BCUT2D eigenvalue weighted by molar-refractivity contribution is 5.78. The van der Waals surface area contributed by atoms with Gasteiger partial charge in [-0.1, -0.05) is 0 Å². The monoisotopic (exact) mass is 509 g/mol. The van der Waals surface area contributed by atoms with E-state index in [1.165, 1.54) is 13.0 Å². The number of hydrogen-bond acceptors (Lipinski definition) is 7. The highest BCUT2D eigenvalue weighted by atomic mass is 16.5. The number of likely N-dealkylation sites (tertiary alicyclic amines) is 1. The number of piperidine rings is 1. The molecule has 36 heavy (non-hydrogen) atoms. The van der Waals surface area contributed by atoms with E-state index in [0.29, 0.717) is 18.8 Å². The van der Waals surface area contributed by atoms with Crippen molar-refractivity contribution in [3.63, 3.8) is 0 Å². The summed E-state index contributed by atoms with van der Waals surface area (Å²) in [6.45, 7) is 23.7. The fraction of sp³-hybridized carbons (Fsp3) is 0.964. The Hall–Kier alpha value is -0.770. The number of amides is 1. The molecule has 2 N–H and O–H groups in total. The summed E-state index contributed by atoms with van der Waals surface area (Å²) in [7, 11) is 0. The van der Waals surface area contributed by atoms with Crippen LogP contribution in [0.15, 0.2) is 0 Å². The van der Waals surface area contributed by atoms with Crippen LogP contribution in [-0.4, -0.2) is 122 Å². The van der Waals surface area contributed by atoms with Crippen LogP contribution in [0.2, 0.25) is 0 Å². The second kappa shape index (κ2) is 13.9. The van der Waals surface area contributed by atoms with Crippen molar-refractivity contribution in [3.05, 3.63) is 0 Å². The van der Waals surface area contributed by atoms with E-state index in [9.17, 15) is 4.79 Å². The van der Waals surface area contributed by atoms with Gasteiger partial charge in [-0.25, -0.2) is 0 Å². The van der Waals surface area contributed by atoms with Crippen molar-refractivity contribution in [2.45, 2.75) is 103 Å². The third-order valence-corrected chi connectivity index (χ3v) is 7.46. The first-order valence-corrected chi connectivity index (χ1v) is 14.5. The molecule has 2 heterocycles. The zero-order valence-electron chi connectivity index (χ0n) is 24.1. The molecule has 8 heteroatoms. The number of nitrogens with one attached hydrogen (secondary N) is 2. The predicted octanol–water partition coefficient (Wildman–Crippen LogP) is 2.33. The van der Waals surface area contributed by atoms with Crippen LogP contribution in [0.4, 0.5) is 0 Å². The van der Waals surface area contributed by atoms with E-state index in [1.807, 2.05) is 0 Å². The first-order chi connectivity index (χ1) is 16.9. The molecule has 2 aliphatic heterocycles. The minimum absolute atomic E-state index is 0.0766. The van der Waals surface area contributed by atoms with Crippen LogP contribution in [0, 0.1) is 0 Å². The molecule has 0 atom stereocenters. The molecule has 0 aromatic heterocycles. The maximum Gasteiger partial charge on any atom is 0.234 e. The fourth-order valence-electron chi connectivity index (χ4n) is 5.23. The highest BCUT2D eigenvalue weighted by Crippen LogP contribution is 2.27. The molecule has 3 rings (SSSR count). The van der Waals surface area contributed by atoms with Gasteiger partial charge in [0.05, 0.1) is 31.0 Å². The van der Waals surface area contributed by atoms with Crippen molar-refractivity contribution in [3.8, 4) is 0 Å². The lowest BCUT2D eigenvalue weighted by Crippen LogP contribution is -2.54. The first-order valence-electron chi connectivity index (χ1n) is 14.5. The summed E-state index contributed by atoms with van der Waals surface area (Å²) in [5.41, 5.74) is 0.130. The van der Waals surface area contributed by atoms with Gasteiger partial charge in [0.15, 0.2) is 0 Å². The van der Waals surface area contributed by atoms with Crippen LogP contribution in [-0.2, 0) is 14.3 Å². The number of piperazine rings is 1. The zero-order chi connectivity index (χ0) is 26.2. The summed E-state index contributed by atoms with van der Waals surface area (Å²) in [5, 5.41) is 6.81. The van der Waals surface area contributed by atoms with E-state index in [2.05, 4.69) is 66.9 Å². The second-order valence-electron chi connectivity index (χ2n) is 13.1. The molecule has 8 nitrogen and oxygen atoms in total. The minimum atomic E-state index is -0.0766. The van der Waals surface area contributed by atoms with Crippen molar-refractivity contribution in [2.24, 2.45) is 0 Å². The van der Waals surface area contributed by atoms with Gasteiger partial charge in [0.1, 0.15) is 0 Å². The van der Waals surface area contributed by atoms with E-state index < -0.39 is 0 Å². The molecule has 0 bridgehead atoms. The largest absolute Gasteiger partial charge is 0.375 e. The molecule has 0 unspecified atom stereocenters. The number of nitrogens with zero attached hydrogens (tertiary/aromatic N) is 3. The van der Waals surface area contributed by atoms with Crippen molar-refractivity contribution in [1.29, 1.82) is 0 Å². The van der Waals surface area contributed by atoms with Crippen molar-refractivity contribution in [1.82, 2.24) is 25.3 Å². The Balaban J connectivity index is 1.18. The molecule has 2 saturated heterocycles. The normalized spacial score (nSPS) is 25.6. The molecule has 0 radical (unpaired) electrons. The number of rotatable bonds is 12. The number of carbonyl (C=O) groups excluding carboxylic acids is 1. The van der Waals surface area contributed by atoms with Crippen molar-refractivity contribution in [2.75, 3.05) is 72.1 Å². The van der Waals surface area contributed by atoms with Crippen LogP contribution in [0.25, 0.3) is 0 Å². The summed E-state index contributed by atoms with van der Waals surface area (Å²) in [6, 6.07) is 0.286. The Kier molecular flexibility index (Phi) is 11.5. The zero-order valence-corrected chi connectivity index (χ0v) is 24.1. The number of ether oxygens (including phenoxy) is 2. The maximum atomic E-state index is 12.5. The van der Waals surface area contributed by atoms with Gasteiger partial charge < -0.3 is 25.0 Å². The topological polar surface area (TPSA) is 69.3 Å². The van der Waals surface area contributed by atoms with Gasteiger partial charge in [0.2, 0.25) is 5.91 Å². The van der Waals surface area contributed by atoms with Crippen LogP contribution >= 0.6 is 0 Å². The lowest BCUT2D eigenvalue weighted by atomic mass is 9.88. The molecule has 1 amide bonds. The number of hydrogen-bond donors (Lipinski definition) is 2. The quantitative estimate of drug-likeness (QED) is 0.391. The summed E-state index contributed by atoms with van der Waals surface area (Å²) >= 11 is 0. The molecule has 0 spiro atoms. The van der Waals surface area contributed by atoms with Crippen LogP contribution in [0.5, 0.6) is 0 Å². The molecule has 1 saturated carbocycles. The van der Waals surface area contributed by atoms with E-state index in [-0.39, 0.29) is 23.1 Å². The number of carbonyl (C=O) groups is 1. The third kappa shape index (κ3) is 11.7. The van der Waals surface area contributed by atoms with E-state index in [1.54, 1.807) is 0 Å². The Bertz CT molecular complexity index is 641. The predicted molar refractivity (Wildman–Crippen MR) is 146 cm³/mol. The van der Waals surface area contributed by atoms with Gasteiger partial charge in [-0.05, 0) is 86.7 Å². The molecule has 0 aromatic carbocycles. The third-order valence-electron chi connectivity index (χ3n) is 7.46. The van der Waals surface area contributed by atoms with Gasteiger partial charge in [0, 0.05) is 57.4 Å². The van der Waals surface area contributed by atoms with E-state index >= 15 is 0 Å². The summed E-state index contributed by atoms with van der Waals surface area (Å²) in [4.78, 5) is 19.8. The van der Waals surface area contributed by atoms with Crippen LogP contribution in [0.3, 0.4) is 0 Å². The van der Waals surface area contributed by atoms with Gasteiger partial charge in [-0.3, -0.25) is 14.6 Å². The van der Waals surface area contributed by atoms with E-state index in [0.717, 1.165) is 84.6 Å². The average Bonchev–Trinajstić information content (AvgIpc) is 2.76. The summed E-state index contributed by atoms with van der Waals surface area (Å²) < 4.78 is 12.2. The van der Waals surface area contributed by atoms with Crippen LogP contribution < -0.4 is 10.6 Å². The maximum absolute atomic E-state index is 12.5. The summed E-state index contributed by atoms with van der Waals surface area (Å²) in [5.74, 6) is 0.164. The lowest BCUT2D eigenvalue weighted by Gasteiger charge is -2.40.